The number of carbonyl (C=O) groups excluding carboxylic acids is 1. The maximum absolute atomic E-state index is 12.5. The highest BCUT2D eigenvalue weighted by Crippen LogP contribution is 2.23. The predicted octanol–water partition coefficient (Wildman–Crippen LogP) is 3.35. The van der Waals surface area contributed by atoms with Crippen LogP contribution in [0.5, 0.6) is 11.5 Å². The van der Waals surface area contributed by atoms with E-state index in [0.29, 0.717) is 17.1 Å². The highest BCUT2D eigenvalue weighted by molar-refractivity contribution is 7.90. The van der Waals surface area contributed by atoms with Crippen LogP contribution in [0.4, 0.5) is 0 Å². The minimum atomic E-state index is -4.03. The Bertz CT molecular complexity index is 1140. The highest BCUT2D eigenvalue weighted by Gasteiger charge is 2.21. The molecule has 0 heterocycles. The van der Waals surface area contributed by atoms with Gasteiger partial charge in [0.25, 0.3) is 15.9 Å². The summed E-state index contributed by atoms with van der Waals surface area (Å²) in [5.41, 5.74) is 1.62. The number of rotatable bonds is 6. The fourth-order valence-corrected chi connectivity index (χ4v) is 4.05. The zero-order valence-electron chi connectivity index (χ0n) is 15.9. The lowest BCUT2D eigenvalue weighted by Gasteiger charge is -2.12. The Morgan fingerprint density at radius 3 is 2.39 bits per heavy atom. The summed E-state index contributed by atoms with van der Waals surface area (Å²) in [5, 5.41) is 2.04. The van der Waals surface area contributed by atoms with Gasteiger partial charge in [-0.3, -0.25) is 4.79 Å². The number of amides is 1. The number of sulfonamides is 1. The molecule has 0 aromatic heterocycles. The van der Waals surface area contributed by atoms with Gasteiger partial charge in [-0.05, 0) is 48.4 Å². The van der Waals surface area contributed by atoms with Gasteiger partial charge < -0.3 is 9.47 Å². The molecular formula is C21H21NO5S. The van der Waals surface area contributed by atoms with Crippen molar-refractivity contribution in [3.05, 3.63) is 65.7 Å². The van der Waals surface area contributed by atoms with Crippen LogP contribution in [-0.2, 0) is 14.8 Å². The Morgan fingerprint density at radius 2 is 1.64 bits per heavy atom. The van der Waals surface area contributed by atoms with Crippen molar-refractivity contribution in [1.82, 2.24) is 4.72 Å². The fraction of sp³-hybridized carbons (Fsp3) is 0.190. The SMILES string of the molecule is COc1ccc(C)c(S(=O)(=O)NC(=O)COc2ccc3ccc(C)cc3c2)c1. The van der Waals surface area contributed by atoms with Gasteiger partial charge in [-0.2, -0.15) is 0 Å². The lowest BCUT2D eigenvalue weighted by molar-refractivity contribution is -0.121. The summed E-state index contributed by atoms with van der Waals surface area (Å²) in [6, 6.07) is 16.1. The second-order valence-corrected chi connectivity index (χ2v) is 8.11. The first-order chi connectivity index (χ1) is 13.3. The van der Waals surface area contributed by atoms with Crippen molar-refractivity contribution in [2.24, 2.45) is 0 Å². The van der Waals surface area contributed by atoms with Crippen LogP contribution in [0.3, 0.4) is 0 Å². The van der Waals surface area contributed by atoms with Gasteiger partial charge in [0.15, 0.2) is 6.61 Å². The molecule has 3 aromatic rings. The molecule has 0 aliphatic rings. The average Bonchev–Trinajstić information content (AvgIpc) is 2.66. The van der Waals surface area contributed by atoms with Gasteiger partial charge in [-0.25, -0.2) is 13.1 Å². The minimum Gasteiger partial charge on any atom is -0.497 e. The van der Waals surface area contributed by atoms with Crippen molar-refractivity contribution in [3.63, 3.8) is 0 Å². The number of benzene rings is 3. The van der Waals surface area contributed by atoms with Crippen LogP contribution in [0.15, 0.2) is 59.5 Å². The zero-order chi connectivity index (χ0) is 20.3. The van der Waals surface area contributed by atoms with Crippen LogP contribution >= 0.6 is 0 Å². The maximum atomic E-state index is 12.5. The molecule has 1 amide bonds. The normalized spacial score (nSPS) is 11.2. The summed E-state index contributed by atoms with van der Waals surface area (Å²) in [5.74, 6) is 0.121. The summed E-state index contributed by atoms with van der Waals surface area (Å²) in [6.45, 7) is 3.22. The topological polar surface area (TPSA) is 81.7 Å². The first kappa shape index (κ1) is 19.7. The number of hydrogen-bond donors (Lipinski definition) is 1. The van der Waals surface area contributed by atoms with E-state index in [1.807, 2.05) is 42.0 Å². The Balaban J connectivity index is 1.70. The van der Waals surface area contributed by atoms with Crippen molar-refractivity contribution < 1.29 is 22.7 Å². The summed E-state index contributed by atoms with van der Waals surface area (Å²) < 4.78 is 37.6. The van der Waals surface area contributed by atoms with Crippen molar-refractivity contribution in [3.8, 4) is 11.5 Å². The smallest absolute Gasteiger partial charge is 0.271 e. The Morgan fingerprint density at radius 1 is 0.929 bits per heavy atom. The third-order valence-electron chi connectivity index (χ3n) is 4.27. The Labute approximate surface area is 164 Å². The van der Waals surface area contributed by atoms with Gasteiger partial charge in [0.2, 0.25) is 0 Å². The van der Waals surface area contributed by atoms with Crippen molar-refractivity contribution >= 4 is 26.7 Å². The van der Waals surface area contributed by atoms with E-state index < -0.39 is 22.5 Å². The number of hydrogen-bond acceptors (Lipinski definition) is 5. The molecule has 7 heteroatoms. The van der Waals surface area contributed by atoms with Gasteiger partial charge in [0, 0.05) is 6.07 Å². The number of ether oxygens (including phenoxy) is 2. The fourth-order valence-electron chi connectivity index (χ4n) is 2.81. The van der Waals surface area contributed by atoms with Gasteiger partial charge in [-0.1, -0.05) is 35.9 Å². The summed E-state index contributed by atoms with van der Waals surface area (Å²) in [7, 11) is -2.58. The van der Waals surface area contributed by atoms with Crippen molar-refractivity contribution in [2.45, 2.75) is 18.7 Å². The molecule has 1 N–H and O–H groups in total. The first-order valence-electron chi connectivity index (χ1n) is 8.62. The Hall–Kier alpha value is -3.06. The molecule has 0 bridgehead atoms. The summed E-state index contributed by atoms with van der Waals surface area (Å²) in [4.78, 5) is 12.1. The van der Waals surface area contributed by atoms with E-state index in [4.69, 9.17) is 9.47 Å². The third-order valence-corrected chi connectivity index (χ3v) is 5.79. The standard InChI is InChI=1S/C21H21NO5S/c1-14-4-6-16-7-9-19(11-17(16)10-14)27-13-21(23)22-28(24,25)20-12-18(26-3)8-5-15(20)2/h4-12H,13H2,1-3H3,(H,22,23). The van der Waals surface area contributed by atoms with Gasteiger partial charge in [-0.15, -0.1) is 0 Å². The van der Waals surface area contributed by atoms with E-state index in [9.17, 15) is 13.2 Å². The van der Waals surface area contributed by atoms with E-state index in [1.165, 1.54) is 13.2 Å². The molecule has 28 heavy (non-hydrogen) atoms. The molecule has 0 spiro atoms. The first-order valence-corrected chi connectivity index (χ1v) is 10.1. The second kappa shape index (κ2) is 7.90. The van der Waals surface area contributed by atoms with E-state index in [1.54, 1.807) is 25.1 Å². The summed E-state index contributed by atoms with van der Waals surface area (Å²) in [6.07, 6.45) is 0. The molecule has 0 atom stereocenters. The van der Waals surface area contributed by atoms with Gasteiger partial charge >= 0.3 is 0 Å². The van der Waals surface area contributed by atoms with Crippen LogP contribution in [0.2, 0.25) is 0 Å². The molecule has 0 fully saturated rings. The quantitative estimate of drug-likeness (QED) is 0.687. The lowest BCUT2D eigenvalue weighted by Crippen LogP contribution is -2.34. The van der Waals surface area contributed by atoms with Crippen LogP contribution in [-0.4, -0.2) is 28.0 Å². The number of carbonyl (C=O) groups is 1. The molecule has 3 aromatic carbocycles. The minimum absolute atomic E-state index is 0.0126. The molecule has 0 saturated heterocycles. The summed E-state index contributed by atoms with van der Waals surface area (Å²) >= 11 is 0. The van der Waals surface area contributed by atoms with E-state index in [0.717, 1.165) is 16.3 Å². The van der Waals surface area contributed by atoms with Crippen LogP contribution in [0.1, 0.15) is 11.1 Å². The predicted molar refractivity (Wildman–Crippen MR) is 107 cm³/mol. The molecule has 0 aliphatic carbocycles. The van der Waals surface area contributed by atoms with E-state index >= 15 is 0 Å². The maximum Gasteiger partial charge on any atom is 0.271 e. The number of aryl methyl sites for hydroxylation is 2. The van der Waals surface area contributed by atoms with Crippen LogP contribution in [0.25, 0.3) is 10.8 Å². The second-order valence-electron chi connectivity index (χ2n) is 6.46. The largest absolute Gasteiger partial charge is 0.497 e. The highest BCUT2D eigenvalue weighted by atomic mass is 32.2. The number of nitrogens with one attached hydrogen (secondary N) is 1. The number of methoxy groups -OCH3 is 1. The van der Waals surface area contributed by atoms with Crippen molar-refractivity contribution in [2.75, 3.05) is 13.7 Å². The molecular weight excluding hydrogens is 378 g/mol. The van der Waals surface area contributed by atoms with Gasteiger partial charge in [0.05, 0.1) is 12.0 Å². The monoisotopic (exact) mass is 399 g/mol. The zero-order valence-corrected chi connectivity index (χ0v) is 16.7. The molecule has 0 aliphatic heterocycles. The molecule has 0 radical (unpaired) electrons. The van der Waals surface area contributed by atoms with Crippen molar-refractivity contribution in [1.29, 1.82) is 0 Å². The Kier molecular flexibility index (Phi) is 5.56. The molecule has 0 saturated carbocycles. The van der Waals surface area contributed by atoms with Gasteiger partial charge in [0.1, 0.15) is 11.5 Å². The number of fused-ring (bicyclic) bond motifs is 1. The van der Waals surface area contributed by atoms with E-state index in [2.05, 4.69) is 0 Å². The molecule has 6 nitrogen and oxygen atoms in total. The lowest BCUT2D eigenvalue weighted by atomic mass is 10.1. The molecule has 0 unspecified atom stereocenters. The van der Waals surface area contributed by atoms with Crippen LogP contribution in [0, 0.1) is 13.8 Å². The molecule has 146 valence electrons. The van der Waals surface area contributed by atoms with Crippen LogP contribution < -0.4 is 14.2 Å². The average molecular weight is 399 g/mol. The van der Waals surface area contributed by atoms with E-state index in [-0.39, 0.29) is 4.90 Å². The third kappa shape index (κ3) is 4.43. The molecule has 3 rings (SSSR count).